The van der Waals surface area contributed by atoms with Crippen LogP contribution >= 0.6 is 21.6 Å². The van der Waals surface area contributed by atoms with Crippen LogP contribution in [0.25, 0.3) is 0 Å². The highest BCUT2D eigenvalue weighted by Crippen LogP contribution is 2.24. The van der Waals surface area contributed by atoms with Crippen LogP contribution in [0.5, 0.6) is 0 Å². The standard InChI is InChI=1S/C23H36N8O6S2/c1-11(2)18-23(37)27-12(3)20(34)30-16(7-14-8-25-10-26-14)21(35)29-15(19(24)33)5-6-38-39-9-17(22(36)31-18)28-13(4)32/h8,10-12,15-18H,5-7,9H2,1-4H3,(H2,24,33)(H,25,26)(H,27,37)(H,28,32)(H,29,35)(H,30,34)(H,31,36)/t12-,15-,16-,17-,18-/m0/s1. The summed E-state index contributed by atoms with van der Waals surface area (Å²) in [6, 6.07) is -5.09. The third kappa shape index (κ3) is 10.4. The molecule has 0 radical (unpaired) electrons. The summed E-state index contributed by atoms with van der Waals surface area (Å²) in [4.78, 5) is 82.7. The minimum atomic E-state index is -1.10. The van der Waals surface area contributed by atoms with Gasteiger partial charge in [-0.05, 0) is 19.3 Å². The lowest BCUT2D eigenvalue weighted by Crippen LogP contribution is -2.60. The molecule has 0 unspecified atom stereocenters. The fourth-order valence-corrected chi connectivity index (χ4v) is 5.86. The molecular formula is C23H36N8O6S2. The van der Waals surface area contributed by atoms with Crippen molar-refractivity contribution in [3.05, 3.63) is 18.2 Å². The number of nitrogens with two attached hydrogens (primary N) is 1. The van der Waals surface area contributed by atoms with Gasteiger partial charge < -0.3 is 37.3 Å². The number of nitrogens with zero attached hydrogens (tertiary/aromatic N) is 1. The van der Waals surface area contributed by atoms with Crippen LogP contribution in [0.1, 0.15) is 39.8 Å². The third-order valence-corrected chi connectivity index (χ3v) is 8.22. The zero-order valence-corrected chi connectivity index (χ0v) is 23.9. The highest BCUT2D eigenvalue weighted by atomic mass is 33.1. The minimum Gasteiger partial charge on any atom is -0.368 e. The molecule has 2 rings (SSSR count). The normalized spacial score (nSPS) is 26.3. The molecule has 8 N–H and O–H groups in total. The van der Waals surface area contributed by atoms with E-state index < -0.39 is 65.7 Å². The van der Waals surface area contributed by atoms with Crippen molar-refractivity contribution < 1.29 is 28.8 Å². The number of aromatic nitrogens is 2. The topological polar surface area (TPSA) is 217 Å². The number of hydrogen-bond acceptors (Lipinski definition) is 9. The lowest BCUT2D eigenvalue weighted by Gasteiger charge is -2.27. The first-order valence-electron chi connectivity index (χ1n) is 12.4. The van der Waals surface area contributed by atoms with Gasteiger partial charge in [0.15, 0.2) is 0 Å². The Bertz CT molecular complexity index is 1040. The van der Waals surface area contributed by atoms with Crippen LogP contribution in [-0.4, -0.2) is 87.1 Å². The van der Waals surface area contributed by atoms with Crippen molar-refractivity contribution in [3.63, 3.8) is 0 Å². The van der Waals surface area contributed by atoms with Gasteiger partial charge in [0.2, 0.25) is 35.4 Å². The second-order valence-corrected chi connectivity index (χ2v) is 12.0. The number of carbonyl (C=O) groups is 6. The van der Waals surface area contributed by atoms with Gasteiger partial charge in [-0.25, -0.2) is 4.98 Å². The monoisotopic (exact) mass is 584 g/mol. The zero-order valence-electron chi connectivity index (χ0n) is 22.2. The SMILES string of the molecule is CC(=O)N[C@H]1CSSCC[C@@H](C(N)=O)NC(=O)[C@H](Cc2cnc[nH]2)NC(=O)[C@H](C)NC(=O)[C@H](C(C)C)NC1=O. The van der Waals surface area contributed by atoms with Gasteiger partial charge in [0.05, 0.1) is 6.33 Å². The Labute approximate surface area is 234 Å². The summed E-state index contributed by atoms with van der Waals surface area (Å²) in [6.07, 6.45) is 3.17. The Morgan fingerprint density at radius 2 is 1.77 bits per heavy atom. The van der Waals surface area contributed by atoms with Crippen molar-refractivity contribution in [3.8, 4) is 0 Å². The number of imidazole rings is 1. The molecule has 1 aliphatic heterocycles. The summed E-state index contributed by atoms with van der Waals surface area (Å²) in [5.41, 5.74) is 6.07. The molecule has 39 heavy (non-hydrogen) atoms. The van der Waals surface area contributed by atoms with Crippen LogP contribution in [0, 0.1) is 5.92 Å². The van der Waals surface area contributed by atoms with Crippen LogP contribution in [0.4, 0.5) is 0 Å². The van der Waals surface area contributed by atoms with Gasteiger partial charge in [0.25, 0.3) is 0 Å². The number of amides is 6. The maximum Gasteiger partial charge on any atom is 0.244 e. The van der Waals surface area contributed by atoms with Crippen molar-refractivity contribution in [1.82, 2.24) is 36.6 Å². The van der Waals surface area contributed by atoms with E-state index in [0.717, 1.165) is 0 Å². The average Bonchev–Trinajstić information content (AvgIpc) is 3.36. The van der Waals surface area contributed by atoms with E-state index in [1.807, 2.05) is 0 Å². The predicted octanol–water partition coefficient (Wildman–Crippen LogP) is -1.66. The van der Waals surface area contributed by atoms with E-state index in [0.29, 0.717) is 11.4 Å². The molecule has 0 aliphatic carbocycles. The summed E-state index contributed by atoms with van der Waals surface area (Å²) in [5.74, 6) is -3.36. The maximum absolute atomic E-state index is 13.1. The fraction of sp³-hybridized carbons (Fsp3) is 0.609. The highest BCUT2D eigenvalue weighted by Gasteiger charge is 2.32. The zero-order chi connectivity index (χ0) is 29.1. The number of aromatic amines is 1. The average molecular weight is 585 g/mol. The van der Waals surface area contributed by atoms with Crippen LogP contribution in [-0.2, 0) is 35.2 Å². The van der Waals surface area contributed by atoms with Crippen molar-refractivity contribution in [2.45, 2.75) is 70.7 Å². The Kier molecular flexibility index (Phi) is 12.6. The van der Waals surface area contributed by atoms with E-state index in [1.54, 1.807) is 13.8 Å². The predicted molar refractivity (Wildman–Crippen MR) is 147 cm³/mol. The molecule has 0 aromatic carbocycles. The van der Waals surface area contributed by atoms with E-state index in [4.69, 9.17) is 5.73 Å². The van der Waals surface area contributed by atoms with Crippen molar-refractivity contribution in [2.24, 2.45) is 11.7 Å². The molecule has 14 nitrogen and oxygen atoms in total. The molecule has 1 fully saturated rings. The smallest absolute Gasteiger partial charge is 0.244 e. The number of hydrogen-bond donors (Lipinski definition) is 7. The van der Waals surface area contributed by atoms with E-state index >= 15 is 0 Å². The fourth-order valence-electron chi connectivity index (χ4n) is 3.61. The molecule has 216 valence electrons. The number of primary amides is 1. The first-order valence-corrected chi connectivity index (χ1v) is 14.9. The third-order valence-electron chi connectivity index (χ3n) is 5.77. The molecule has 5 atom stereocenters. The lowest BCUT2D eigenvalue weighted by molar-refractivity contribution is -0.135. The number of carbonyl (C=O) groups excluding carboxylic acids is 6. The Balaban J connectivity index is 2.32. The van der Waals surface area contributed by atoms with Crippen LogP contribution < -0.4 is 32.3 Å². The molecule has 2 heterocycles. The summed E-state index contributed by atoms with van der Waals surface area (Å²) >= 11 is 0. The van der Waals surface area contributed by atoms with Crippen LogP contribution in [0.15, 0.2) is 12.5 Å². The molecule has 1 aromatic heterocycles. The molecule has 0 bridgehead atoms. The molecule has 1 saturated heterocycles. The summed E-state index contributed by atoms with van der Waals surface area (Å²) in [6.45, 7) is 6.19. The van der Waals surface area contributed by atoms with Crippen LogP contribution in [0.3, 0.4) is 0 Å². The first kappa shape index (κ1) is 31.9. The quantitative estimate of drug-likeness (QED) is 0.197. The number of nitrogens with one attached hydrogen (secondary N) is 6. The van der Waals surface area contributed by atoms with Crippen LogP contribution in [0.2, 0.25) is 0 Å². The second-order valence-electron chi connectivity index (χ2n) is 9.41. The number of rotatable bonds is 5. The molecule has 0 saturated carbocycles. The minimum absolute atomic E-state index is 0.0452. The lowest BCUT2D eigenvalue weighted by atomic mass is 10.0. The maximum atomic E-state index is 13.1. The van der Waals surface area contributed by atoms with Gasteiger partial charge in [-0.2, -0.15) is 0 Å². The first-order chi connectivity index (χ1) is 18.4. The Hall–Kier alpha value is -3.27. The summed E-state index contributed by atoms with van der Waals surface area (Å²) in [5, 5.41) is 13.0. The highest BCUT2D eigenvalue weighted by molar-refractivity contribution is 8.76. The van der Waals surface area contributed by atoms with Crippen molar-refractivity contribution in [1.29, 1.82) is 0 Å². The summed E-state index contributed by atoms with van der Waals surface area (Å²) in [7, 11) is 2.62. The van der Waals surface area contributed by atoms with Crippen molar-refractivity contribution >= 4 is 57.0 Å². The molecule has 16 heteroatoms. The van der Waals surface area contributed by atoms with E-state index in [-0.39, 0.29) is 24.5 Å². The van der Waals surface area contributed by atoms with Gasteiger partial charge in [0, 0.05) is 36.7 Å². The second kappa shape index (κ2) is 15.4. The molecule has 0 spiro atoms. The van der Waals surface area contributed by atoms with Gasteiger partial charge in [-0.3, -0.25) is 28.8 Å². The molecule has 1 aliphatic rings. The van der Waals surface area contributed by atoms with E-state index in [1.165, 1.54) is 48.0 Å². The van der Waals surface area contributed by atoms with Gasteiger partial charge in [-0.15, -0.1) is 0 Å². The van der Waals surface area contributed by atoms with Crippen molar-refractivity contribution in [2.75, 3.05) is 11.5 Å². The van der Waals surface area contributed by atoms with E-state index in [2.05, 4.69) is 36.6 Å². The molecule has 6 amide bonds. The molecule has 1 aromatic rings. The van der Waals surface area contributed by atoms with Gasteiger partial charge in [0.1, 0.15) is 30.2 Å². The van der Waals surface area contributed by atoms with Gasteiger partial charge in [-0.1, -0.05) is 35.4 Å². The molecular weight excluding hydrogens is 548 g/mol. The summed E-state index contributed by atoms with van der Waals surface area (Å²) < 4.78 is 0. The Morgan fingerprint density at radius 3 is 2.36 bits per heavy atom. The Morgan fingerprint density at radius 1 is 1.05 bits per heavy atom. The van der Waals surface area contributed by atoms with Gasteiger partial charge >= 0.3 is 0 Å². The number of H-pyrrole nitrogens is 1. The largest absolute Gasteiger partial charge is 0.368 e. The van der Waals surface area contributed by atoms with E-state index in [9.17, 15) is 28.8 Å².